The topological polar surface area (TPSA) is 81.3 Å². The SMILES string of the molecule is CC(C)Cn1c(=O)c2sccc2n2c(SCC(=O)Nc3ccc(Br)cc3)nnc12. The van der Waals surface area contributed by atoms with Crippen LogP contribution >= 0.6 is 39.0 Å². The summed E-state index contributed by atoms with van der Waals surface area (Å²) in [6.07, 6.45) is 0. The van der Waals surface area contributed by atoms with E-state index in [4.69, 9.17) is 0 Å². The Morgan fingerprint density at radius 2 is 2.00 bits per heavy atom. The van der Waals surface area contributed by atoms with Gasteiger partial charge < -0.3 is 5.32 Å². The van der Waals surface area contributed by atoms with Crippen LogP contribution in [0.1, 0.15) is 13.8 Å². The molecule has 1 aromatic carbocycles. The van der Waals surface area contributed by atoms with Crippen molar-refractivity contribution in [2.75, 3.05) is 11.1 Å². The molecule has 3 heterocycles. The Bertz CT molecular complexity index is 1240. The second-order valence-corrected chi connectivity index (χ2v) is 9.68. The smallest absolute Gasteiger partial charge is 0.272 e. The molecule has 3 aromatic heterocycles. The van der Waals surface area contributed by atoms with E-state index < -0.39 is 0 Å². The molecule has 0 aliphatic rings. The summed E-state index contributed by atoms with van der Waals surface area (Å²) in [6, 6.07) is 9.30. The maximum Gasteiger partial charge on any atom is 0.272 e. The summed E-state index contributed by atoms with van der Waals surface area (Å²) in [5.41, 5.74) is 1.46. The Labute approximate surface area is 183 Å². The molecule has 0 saturated carbocycles. The number of nitrogens with one attached hydrogen (secondary N) is 1. The molecule has 150 valence electrons. The number of carbonyl (C=O) groups is 1. The third-order valence-electron chi connectivity index (χ3n) is 4.19. The van der Waals surface area contributed by atoms with Gasteiger partial charge in [-0.15, -0.1) is 21.5 Å². The van der Waals surface area contributed by atoms with Crippen LogP contribution in [0.4, 0.5) is 5.69 Å². The van der Waals surface area contributed by atoms with Crippen molar-refractivity contribution in [3.05, 3.63) is 50.5 Å². The second kappa shape index (κ2) is 8.29. The maximum absolute atomic E-state index is 12.9. The number of thioether (sulfide) groups is 1. The zero-order valence-electron chi connectivity index (χ0n) is 15.8. The summed E-state index contributed by atoms with van der Waals surface area (Å²) in [6.45, 7) is 4.67. The number of halogens is 1. The summed E-state index contributed by atoms with van der Waals surface area (Å²) in [5, 5.41) is 13.9. The Kier molecular flexibility index (Phi) is 5.75. The maximum atomic E-state index is 12.9. The molecule has 0 saturated heterocycles. The van der Waals surface area contributed by atoms with E-state index in [1.165, 1.54) is 23.1 Å². The second-order valence-electron chi connectivity index (χ2n) is 6.91. The van der Waals surface area contributed by atoms with Crippen LogP contribution in [0, 0.1) is 5.92 Å². The van der Waals surface area contributed by atoms with E-state index in [0.29, 0.717) is 28.1 Å². The standard InChI is InChI=1S/C19H18BrN5O2S2/c1-11(2)9-24-17(27)16-14(7-8-28-16)25-18(24)22-23-19(25)29-10-15(26)21-13-5-3-12(20)4-6-13/h3-8,11H,9-10H2,1-2H3,(H,21,26). The highest BCUT2D eigenvalue weighted by atomic mass is 79.9. The van der Waals surface area contributed by atoms with E-state index in [1.807, 2.05) is 40.1 Å². The number of carbonyl (C=O) groups excluding carboxylic acids is 1. The van der Waals surface area contributed by atoms with Crippen LogP contribution in [0.25, 0.3) is 16.0 Å². The van der Waals surface area contributed by atoms with Gasteiger partial charge in [0.1, 0.15) is 4.70 Å². The molecule has 0 aliphatic heterocycles. The molecule has 0 fully saturated rings. The summed E-state index contributed by atoms with van der Waals surface area (Å²) in [4.78, 5) is 25.2. The molecular formula is C19H18BrN5O2S2. The highest BCUT2D eigenvalue weighted by molar-refractivity contribution is 9.10. The number of anilines is 1. The normalized spacial score (nSPS) is 11.6. The van der Waals surface area contributed by atoms with E-state index in [-0.39, 0.29) is 17.2 Å². The number of thiophene rings is 1. The predicted molar refractivity (Wildman–Crippen MR) is 121 cm³/mol. The molecule has 1 N–H and O–H groups in total. The third-order valence-corrected chi connectivity index (χ3v) is 6.54. The monoisotopic (exact) mass is 491 g/mol. The number of rotatable bonds is 6. The lowest BCUT2D eigenvalue weighted by atomic mass is 10.2. The number of aromatic nitrogens is 4. The lowest BCUT2D eigenvalue weighted by Crippen LogP contribution is -2.24. The van der Waals surface area contributed by atoms with E-state index >= 15 is 0 Å². The third kappa shape index (κ3) is 4.10. The van der Waals surface area contributed by atoms with Gasteiger partial charge in [-0.25, -0.2) is 0 Å². The first-order valence-electron chi connectivity index (χ1n) is 8.97. The van der Waals surface area contributed by atoms with Crippen LogP contribution in [0.5, 0.6) is 0 Å². The minimum absolute atomic E-state index is 0.0480. The summed E-state index contributed by atoms with van der Waals surface area (Å²) >= 11 is 6.08. The number of benzene rings is 1. The molecule has 7 nitrogen and oxygen atoms in total. The van der Waals surface area contributed by atoms with Gasteiger partial charge in [0, 0.05) is 16.7 Å². The first kappa shape index (κ1) is 20.1. The van der Waals surface area contributed by atoms with Crippen LogP contribution in [-0.2, 0) is 11.3 Å². The minimum atomic E-state index is -0.133. The van der Waals surface area contributed by atoms with Gasteiger partial charge in [-0.2, -0.15) is 0 Å². The largest absolute Gasteiger partial charge is 0.325 e. The van der Waals surface area contributed by atoms with Crippen molar-refractivity contribution in [2.24, 2.45) is 5.92 Å². The number of fused-ring (bicyclic) bond motifs is 3. The lowest BCUT2D eigenvalue weighted by molar-refractivity contribution is -0.113. The van der Waals surface area contributed by atoms with E-state index in [0.717, 1.165) is 15.7 Å². The molecule has 29 heavy (non-hydrogen) atoms. The number of amides is 1. The van der Waals surface area contributed by atoms with Crippen molar-refractivity contribution >= 4 is 66.6 Å². The molecule has 0 radical (unpaired) electrons. The Hall–Kier alpha value is -2.17. The van der Waals surface area contributed by atoms with Crippen molar-refractivity contribution in [2.45, 2.75) is 25.5 Å². The van der Waals surface area contributed by atoms with Gasteiger partial charge in [0.05, 0.1) is 11.3 Å². The average Bonchev–Trinajstić information content (AvgIpc) is 3.32. The minimum Gasteiger partial charge on any atom is -0.325 e. The molecule has 0 aliphatic carbocycles. The average molecular weight is 492 g/mol. The van der Waals surface area contributed by atoms with Crippen molar-refractivity contribution < 1.29 is 4.79 Å². The fourth-order valence-corrected chi connectivity index (χ4v) is 4.81. The number of nitrogens with zero attached hydrogens (tertiary/aromatic N) is 4. The van der Waals surface area contributed by atoms with Crippen LogP contribution < -0.4 is 10.9 Å². The van der Waals surface area contributed by atoms with Crippen LogP contribution in [-0.4, -0.2) is 30.8 Å². The summed E-state index contributed by atoms with van der Waals surface area (Å²) < 4.78 is 5.15. The molecule has 0 spiro atoms. The first-order valence-corrected chi connectivity index (χ1v) is 11.6. The molecule has 0 bridgehead atoms. The quantitative estimate of drug-likeness (QED) is 0.407. The van der Waals surface area contributed by atoms with Gasteiger partial charge in [0.15, 0.2) is 5.16 Å². The van der Waals surface area contributed by atoms with Gasteiger partial charge in [0.25, 0.3) is 5.56 Å². The van der Waals surface area contributed by atoms with Gasteiger partial charge in [-0.3, -0.25) is 18.6 Å². The zero-order valence-corrected chi connectivity index (χ0v) is 19.0. The molecule has 4 aromatic rings. The Morgan fingerprint density at radius 3 is 2.72 bits per heavy atom. The lowest BCUT2D eigenvalue weighted by Gasteiger charge is -2.11. The highest BCUT2D eigenvalue weighted by Gasteiger charge is 2.19. The highest BCUT2D eigenvalue weighted by Crippen LogP contribution is 2.25. The Balaban J connectivity index is 1.63. The zero-order chi connectivity index (χ0) is 20.5. The number of hydrogen-bond acceptors (Lipinski definition) is 6. The van der Waals surface area contributed by atoms with Gasteiger partial charge in [0.2, 0.25) is 11.7 Å². The summed E-state index contributed by atoms with van der Waals surface area (Å²) in [5.74, 6) is 0.848. The molecule has 10 heteroatoms. The van der Waals surface area contributed by atoms with Crippen LogP contribution in [0.2, 0.25) is 0 Å². The van der Waals surface area contributed by atoms with Gasteiger partial charge in [-0.1, -0.05) is 41.5 Å². The first-order chi connectivity index (χ1) is 13.9. The van der Waals surface area contributed by atoms with E-state index in [2.05, 4.69) is 45.3 Å². The number of hydrogen-bond donors (Lipinski definition) is 1. The fourth-order valence-electron chi connectivity index (χ4n) is 2.98. The Morgan fingerprint density at radius 1 is 1.24 bits per heavy atom. The van der Waals surface area contributed by atoms with Crippen LogP contribution in [0.15, 0.2) is 50.1 Å². The van der Waals surface area contributed by atoms with Crippen LogP contribution in [0.3, 0.4) is 0 Å². The molecule has 0 unspecified atom stereocenters. The molecule has 0 atom stereocenters. The fraction of sp³-hybridized carbons (Fsp3) is 0.263. The van der Waals surface area contributed by atoms with E-state index in [1.54, 1.807) is 4.57 Å². The van der Waals surface area contributed by atoms with E-state index in [9.17, 15) is 9.59 Å². The predicted octanol–water partition coefficient (Wildman–Crippen LogP) is 4.26. The van der Waals surface area contributed by atoms with Gasteiger partial charge >= 0.3 is 0 Å². The molecule has 1 amide bonds. The van der Waals surface area contributed by atoms with Crippen molar-refractivity contribution in [3.8, 4) is 0 Å². The molecule has 4 rings (SSSR count). The summed E-state index contributed by atoms with van der Waals surface area (Å²) in [7, 11) is 0. The van der Waals surface area contributed by atoms with Crippen molar-refractivity contribution in [1.29, 1.82) is 0 Å². The van der Waals surface area contributed by atoms with Crippen molar-refractivity contribution in [3.63, 3.8) is 0 Å². The van der Waals surface area contributed by atoms with Gasteiger partial charge in [-0.05, 0) is 41.6 Å². The van der Waals surface area contributed by atoms with Crippen molar-refractivity contribution in [1.82, 2.24) is 19.2 Å². The molecular weight excluding hydrogens is 474 g/mol.